The highest BCUT2D eigenvalue weighted by atomic mass is 16.6. The van der Waals surface area contributed by atoms with Crippen LogP contribution in [0.3, 0.4) is 0 Å². The van der Waals surface area contributed by atoms with E-state index in [1.807, 2.05) is 32.0 Å². The summed E-state index contributed by atoms with van der Waals surface area (Å²) >= 11 is 0. The highest BCUT2D eigenvalue weighted by molar-refractivity contribution is 5.90. The molecule has 3 aliphatic heterocycles. The molecule has 0 N–H and O–H groups in total. The summed E-state index contributed by atoms with van der Waals surface area (Å²) in [4.78, 5) is 42.5. The molecule has 4 aromatic carbocycles. The molecule has 1 fully saturated rings. The molecular formula is C54H54O7. The number of carbonyl (C=O) groups excluding carboxylic acids is 2. The highest BCUT2D eigenvalue weighted by Crippen LogP contribution is 2.53. The van der Waals surface area contributed by atoms with Gasteiger partial charge in [0.15, 0.2) is 17.8 Å². The van der Waals surface area contributed by atoms with Crippen molar-refractivity contribution in [3.8, 4) is 17.6 Å². The summed E-state index contributed by atoms with van der Waals surface area (Å²) in [7, 11) is 0. The Morgan fingerprint density at radius 2 is 1.56 bits per heavy atom. The minimum absolute atomic E-state index is 0.0403. The molecule has 0 saturated heterocycles. The van der Waals surface area contributed by atoms with E-state index in [1.165, 1.54) is 28.3 Å². The Morgan fingerprint density at radius 3 is 2.39 bits per heavy atom. The van der Waals surface area contributed by atoms with E-state index in [2.05, 4.69) is 78.6 Å². The second-order valence-corrected chi connectivity index (χ2v) is 17.9. The lowest BCUT2D eigenvalue weighted by Gasteiger charge is -2.51. The predicted molar refractivity (Wildman–Crippen MR) is 236 cm³/mol. The van der Waals surface area contributed by atoms with Gasteiger partial charge in [-0.2, -0.15) is 0 Å². The Bertz CT molecular complexity index is 2600. The molecule has 7 heteroatoms. The highest BCUT2D eigenvalue weighted by Gasteiger charge is 2.59. The van der Waals surface area contributed by atoms with Gasteiger partial charge in [0.1, 0.15) is 11.3 Å². The Kier molecular flexibility index (Phi) is 11.7. The van der Waals surface area contributed by atoms with Crippen LogP contribution in [0.1, 0.15) is 117 Å². The average Bonchev–Trinajstić information content (AvgIpc) is 3.26. The van der Waals surface area contributed by atoms with Gasteiger partial charge >= 0.3 is 17.6 Å². The Morgan fingerprint density at radius 1 is 0.754 bits per heavy atom. The van der Waals surface area contributed by atoms with E-state index in [-0.39, 0.29) is 30.3 Å². The zero-order valence-electron chi connectivity index (χ0n) is 35.3. The molecule has 4 unspecified atom stereocenters. The van der Waals surface area contributed by atoms with Crippen molar-refractivity contribution < 1.29 is 28.2 Å². The molecule has 4 heterocycles. The van der Waals surface area contributed by atoms with Crippen molar-refractivity contribution in [2.24, 2.45) is 11.8 Å². The molecule has 4 aliphatic rings. The van der Waals surface area contributed by atoms with Crippen molar-refractivity contribution in [3.63, 3.8) is 0 Å². The molecule has 61 heavy (non-hydrogen) atoms. The van der Waals surface area contributed by atoms with Crippen molar-refractivity contribution >= 4 is 22.9 Å². The lowest BCUT2D eigenvalue weighted by atomic mass is 9.69. The fraction of sp³-hybridized carbons (Fsp3) is 0.389. The first-order chi connectivity index (χ1) is 29.7. The molecule has 312 valence electrons. The van der Waals surface area contributed by atoms with Crippen LogP contribution in [-0.2, 0) is 51.2 Å². The number of aryl methyl sites for hydroxylation is 2. The van der Waals surface area contributed by atoms with Gasteiger partial charge in [-0.25, -0.2) is 9.59 Å². The van der Waals surface area contributed by atoms with Crippen LogP contribution in [0.2, 0.25) is 0 Å². The van der Waals surface area contributed by atoms with Crippen LogP contribution < -0.4 is 10.4 Å². The third-order valence-corrected chi connectivity index (χ3v) is 13.5. The monoisotopic (exact) mass is 814 g/mol. The zero-order chi connectivity index (χ0) is 41.9. The number of hydrogen-bond donors (Lipinski definition) is 0. The van der Waals surface area contributed by atoms with Crippen LogP contribution in [0.15, 0.2) is 117 Å². The van der Waals surface area contributed by atoms with Crippen LogP contribution in [0.5, 0.6) is 5.75 Å². The lowest BCUT2D eigenvalue weighted by molar-refractivity contribution is -0.204. The molecule has 1 saturated carbocycles. The topological polar surface area (TPSA) is 92.0 Å². The number of benzene rings is 4. The van der Waals surface area contributed by atoms with E-state index < -0.39 is 35.4 Å². The van der Waals surface area contributed by atoms with Crippen LogP contribution in [0.25, 0.3) is 11.0 Å². The molecule has 5 bridgehead atoms. The molecule has 0 amide bonds. The molecule has 1 aliphatic carbocycles. The number of allylic oxidation sites excluding steroid dienone is 1. The van der Waals surface area contributed by atoms with Gasteiger partial charge < -0.3 is 18.6 Å². The fourth-order valence-electron chi connectivity index (χ4n) is 10.3. The number of fused-ring (bicyclic) bond motifs is 7. The largest absolute Gasteiger partial charge is 0.481 e. The summed E-state index contributed by atoms with van der Waals surface area (Å²) in [5.41, 5.74) is 7.67. The average molecular weight is 815 g/mol. The van der Waals surface area contributed by atoms with Crippen molar-refractivity contribution in [1.82, 2.24) is 0 Å². The van der Waals surface area contributed by atoms with Crippen LogP contribution >= 0.6 is 0 Å². The van der Waals surface area contributed by atoms with E-state index in [0.29, 0.717) is 48.0 Å². The number of rotatable bonds is 6. The maximum absolute atomic E-state index is 14.8. The van der Waals surface area contributed by atoms with Crippen molar-refractivity contribution in [2.45, 2.75) is 122 Å². The maximum atomic E-state index is 14.8. The van der Waals surface area contributed by atoms with Gasteiger partial charge in [-0.3, -0.25) is 4.79 Å². The van der Waals surface area contributed by atoms with Crippen LogP contribution in [0, 0.1) is 23.7 Å². The second-order valence-electron chi connectivity index (χ2n) is 17.9. The van der Waals surface area contributed by atoms with E-state index >= 15 is 0 Å². The Hall–Kier alpha value is -5.87. The SMILES string of the molecule is CC(C)=C1CCc2ccc3c(c2)CC#CCC2(C4CCCCC4)Oc4ccc5ccc(=O)oc5c4C(OC(=O)CC(CCc4cccc(Cc5ccccc5)c4)C3)C2OC1=O. The molecule has 0 spiro atoms. The first kappa shape index (κ1) is 40.5. The van der Waals surface area contributed by atoms with Gasteiger partial charge in [-0.15, -0.1) is 0 Å². The number of esters is 2. The summed E-state index contributed by atoms with van der Waals surface area (Å²) < 4.78 is 26.8. The van der Waals surface area contributed by atoms with Crippen molar-refractivity contribution in [1.29, 1.82) is 0 Å². The van der Waals surface area contributed by atoms with Crippen molar-refractivity contribution in [3.05, 3.63) is 158 Å². The number of carbonyl (C=O) groups is 2. The third-order valence-electron chi connectivity index (χ3n) is 13.5. The summed E-state index contributed by atoms with van der Waals surface area (Å²) in [5, 5.41) is 0.655. The Balaban J connectivity index is 1.17. The zero-order valence-corrected chi connectivity index (χ0v) is 35.3. The minimum Gasteiger partial charge on any atom is -0.481 e. The quantitative estimate of drug-likeness (QED) is 0.0729. The standard InChI is InChI=1S/C54H54O7/c1-35(2)45-26-22-38-21-23-43-33-40(20-19-37-14-11-15-39(31-37)30-36-12-5-3-6-13-36)34-48(56)59-51-49-46(27-24-41-25-28-47(55)58-50(41)49)61-54(52(51)60-53(45)57,44-17-7-4-8-18-44)29-10-9-16-42(43)32-38/h3,5-6,11-15,21,23-25,27-28,31-32,40,44,51-52H,4,7-8,16-20,22,26,29-30,33-34H2,1-2H3. The molecule has 0 radical (unpaired) electrons. The summed E-state index contributed by atoms with van der Waals surface area (Å²) in [6.45, 7) is 3.89. The lowest BCUT2D eigenvalue weighted by Crippen LogP contribution is -2.60. The van der Waals surface area contributed by atoms with Crippen LogP contribution in [-0.4, -0.2) is 23.6 Å². The number of hydrogen-bond acceptors (Lipinski definition) is 7. The normalized spacial score (nSPS) is 23.0. The van der Waals surface area contributed by atoms with Crippen LogP contribution in [0.4, 0.5) is 0 Å². The summed E-state index contributed by atoms with van der Waals surface area (Å²) in [6.07, 6.45) is 7.83. The maximum Gasteiger partial charge on any atom is 0.336 e. The fourth-order valence-corrected chi connectivity index (χ4v) is 10.3. The smallest absolute Gasteiger partial charge is 0.336 e. The van der Waals surface area contributed by atoms with Gasteiger partial charge in [0.25, 0.3) is 0 Å². The van der Waals surface area contributed by atoms with E-state index in [1.54, 1.807) is 6.07 Å². The summed E-state index contributed by atoms with van der Waals surface area (Å²) in [5.74, 6) is 6.59. The second kappa shape index (κ2) is 17.6. The minimum atomic E-state index is -1.14. The van der Waals surface area contributed by atoms with E-state index in [0.717, 1.165) is 68.1 Å². The van der Waals surface area contributed by atoms with Gasteiger partial charge in [0.2, 0.25) is 0 Å². The molecule has 4 atom stereocenters. The third kappa shape index (κ3) is 8.69. The number of ether oxygens (including phenoxy) is 3. The van der Waals surface area contributed by atoms with E-state index in [4.69, 9.17) is 18.6 Å². The molecule has 7 nitrogen and oxygen atoms in total. The predicted octanol–water partition coefficient (Wildman–Crippen LogP) is 10.7. The van der Waals surface area contributed by atoms with Crippen molar-refractivity contribution in [2.75, 3.05) is 0 Å². The van der Waals surface area contributed by atoms with Gasteiger partial charge in [0.05, 0.1) is 12.0 Å². The molecule has 5 aromatic rings. The molecule has 9 rings (SSSR count). The molecular weight excluding hydrogens is 761 g/mol. The summed E-state index contributed by atoms with van der Waals surface area (Å²) in [6, 6.07) is 32.7. The van der Waals surface area contributed by atoms with Gasteiger partial charge in [-0.1, -0.05) is 109 Å². The van der Waals surface area contributed by atoms with Gasteiger partial charge in [0, 0.05) is 35.8 Å². The molecule has 1 aromatic heterocycles. The van der Waals surface area contributed by atoms with E-state index in [9.17, 15) is 14.4 Å². The first-order valence-electron chi connectivity index (χ1n) is 22.2. The Labute approximate surface area is 358 Å². The van der Waals surface area contributed by atoms with Gasteiger partial charge in [-0.05, 0) is 123 Å². The first-order valence-corrected chi connectivity index (χ1v) is 22.2.